The molecule has 0 saturated carbocycles. The van der Waals surface area contributed by atoms with E-state index >= 15 is 0 Å². The Morgan fingerprint density at radius 1 is 1.60 bits per heavy atom. The molecule has 0 bridgehead atoms. The minimum absolute atomic E-state index is 0.00369. The van der Waals surface area contributed by atoms with Crippen molar-refractivity contribution in [2.75, 3.05) is 0 Å². The van der Waals surface area contributed by atoms with Crippen molar-refractivity contribution in [2.45, 2.75) is 25.3 Å². The molecular weight excluding hydrogens is 216 g/mol. The van der Waals surface area contributed by atoms with Crippen LogP contribution in [0.25, 0.3) is 0 Å². The number of halogens is 1. The number of hydrogen-bond acceptors (Lipinski definition) is 2. The molecule has 0 radical (unpaired) electrons. The van der Waals surface area contributed by atoms with Gasteiger partial charge in [-0.2, -0.15) is 0 Å². The van der Waals surface area contributed by atoms with Gasteiger partial charge >= 0.3 is 5.97 Å². The van der Waals surface area contributed by atoms with E-state index in [1.807, 2.05) is 6.92 Å². The van der Waals surface area contributed by atoms with Gasteiger partial charge in [0.2, 0.25) is 0 Å². The Bertz CT molecular complexity index is 338. The SMILES string of the molecule is CCC(Cl)Oc1cccc(CC(=O)O)c1. The van der Waals surface area contributed by atoms with Crippen LogP contribution in [0, 0.1) is 0 Å². The summed E-state index contributed by atoms with van der Waals surface area (Å²) >= 11 is 5.82. The van der Waals surface area contributed by atoms with E-state index in [1.165, 1.54) is 0 Å². The lowest BCUT2D eigenvalue weighted by molar-refractivity contribution is -0.136. The molecule has 0 fully saturated rings. The lowest BCUT2D eigenvalue weighted by atomic mass is 10.1. The van der Waals surface area contributed by atoms with Gasteiger partial charge in [-0.05, 0) is 24.1 Å². The Balaban J connectivity index is 2.69. The van der Waals surface area contributed by atoms with Crippen molar-refractivity contribution in [3.63, 3.8) is 0 Å². The number of carboxylic acids is 1. The van der Waals surface area contributed by atoms with Crippen LogP contribution in [-0.4, -0.2) is 16.6 Å². The van der Waals surface area contributed by atoms with Crippen LogP contribution in [0.15, 0.2) is 24.3 Å². The van der Waals surface area contributed by atoms with Crippen LogP contribution in [0.5, 0.6) is 5.75 Å². The lowest BCUT2D eigenvalue weighted by Gasteiger charge is -2.10. The average Bonchev–Trinajstić information content (AvgIpc) is 2.17. The van der Waals surface area contributed by atoms with Crippen LogP contribution in [0.4, 0.5) is 0 Å². The number of rotatable bonds is 5. The third kappa shape index (κ3) is 4.21. The Morgan fingerprint density at radius 2 is 2.33 bits per heavy atom. The third-order valence-electron chi connectivity index (χ3n) is 1.84. The van der Waals surface area contributed by atoms with Crippen molar-refractivity contribution < 1.29 is 14.6 Å². The zero-order valence-electron chi connectivity index (χ0n) is 8.44. The van der Waals surface area contributed by atoms with Crippen molar-refractivity contribution in [3.8, 4) is 5.75 Å². The van der Waals surface area contributed by atoms with Crippen molar-refractivity contribution in [3.05, 3.63) is 29.8 Å². The maximum absolute atomic E-state index is 10.5. The summed E-state index contributed by atoms with van der Waals surface area (Å²) in [4.78, 5) is 10.5. The summed E-state index contributed by atoms with van der Waals surface area (Å²) in [5.74, 6) is -0.249. The highest BCUT2D eigenvalue weighted by Gasteiger charge is 2.05. The number of aliphatic carboxylic acids is 1. The van der Waals surface area contributed by atoms with E-state index in [0.29, 0.717) is 17.7 Å². The first kappa shape index (κ1) is 11.9. The van der Waals surface area contributed by atoms with Gasteiger partial charge in [0.1, 0.15) is 5.75 Å². The highest BCUT2D eigenvalue weighted by molar-refractivity contribution is 6.19. The van der Waals surface area contributed by atoms with Gasteiger partial charge in [0.05, 0.1) is 6.42 Å². The monoisotopic (exact) mass is 228 g/mol. The van der Waals surface area contributed by atoms with Crippen LogP contribution < -0.4 is 4.74 Å². The second kappa shape index (κ2) is 5.61. The van der Waals surface area contributed by atoms with E-state index in [1.54, 1.807) is 24.3 Å². The molecule has 1 aromatic rings. The second-order valence-corrected chi connectivity index (χ2v) is 3.64. The summed E-state index contributed by atoms with van der Waals surface area (Å²) in [6.07, 6.45) is 0.695. The molecule has 82 valence electrons. The van der Waals surface area contributed by atoms with Gasteiger partial charge in [-0.15, -0.1) is 0 Å². The normalized spacial score (nSPS) is 12.1. The number of ether oxygens (including phenoxy) is 1. The van der Waals surface area contributed by atoms with E-state index in [0.717, 1.165) is 0 Å². The molecule has 0 aliphatic heterocycles. The van der Waals surface area contributed by atoms with Crippen LogP contribution in [0.3, 0.4) is 0 Å². The molecule has 0 heterocycles. The second-order valence-electron chi connectivity index (χ2n) is 3.15. The van der Waals surface area contributed by atoms with Crippen LogP contribution in [0.2, 0.25) is 0 Å². The molecule has 1 atom stereocenters. The molecule has 0 aromatic heterocycles. The predicted molar refractivity (Wildman–Crippen MR) is 58.3 cm³/mol. The summed E-state index contributed by atoms with van der Waals surface area (Å²) in [5.41, 5.74) is 0.338. The van der Waals surface area contributed by atoms with Gasteiger partial charge in [-0.1, -0.05) is 30.7 Å². The minimum Gasteiger partial charge on any atom is -0.481 e. The summed E-state index contributed by atoms with van der Waals surface area (Å²) in [6.45, 7) is 1.92. The Kier molecular flexibility index (Phi) is 4.43. The zero-order valence-corrected chi connectivity index (χ0v) is 9.20. The predicted octanol–water partition coefficient (Wildman–Crippen LogP) is 2.67. The van der Waals surface area contributed by atoms with E-state index in [2.05, 4.69) is 0 Å². The van der Waals surface area contributed by atoms with Gasteiger partial charge in [0, 0.05) is 0 Å². The van der Waals surface area contributed by atoms with Crippen LogP contribution >= 0.6 is 11.6 Å². The van der Waals surface area contributed by atoms with Crippen molar-refractivity contribution >= 4 is 17.6 Å². The lowest BCUT2D eigenvalue weighted by Crippen LogP contribution is -2.07. The molecule has 1 aromatic carbocycles. The summed E-state index contributed by atoms with van der Waals surface area (Å²) in [7, 11) is 0. The van der Waals surface area contributed by atoms with Gasteiger partial charge in [-0.25, -0.2) is 0 Å². The maximum Gasteiger partial charge on any atom is 0.307 e. The topological polar surface area (TPSA) is 46.5 Å². The van der Waals surface area contributed by atoms with Gasteiger partial charge < -0.3 is 9.84 Å². The quantitative estimate of drug-likeness (QED) is 0.789. The van der Waals surface area contributed by atoms with Crippen molar-refractivity contribution in [1.29, 1.82) is 0 Å². The fourth-order valence-corrected chi connectivity index (χ4v) is 1.24. The first-order valence-corrected chi connectivity index (χ1v) is 5.17. The molecule has 1 N–H and O–H groups in total. The van der Waals surface area contributed by atoms with E-state index in [4.69, 9.17) is 21.4 Å². The molecule has 3 nitrogen and oxygen atoms in total. The number of carboxylic acid groups (broad SMARTS) is 1. The maximum atomic E-state index is 10.5. The molecule has 0 aliphatic rings. The van der Waals surface area contributed by atoms with E-state index < -0.39 is 5.97 Å². The fourth-order valence-electron chi connectivity index (χ4n) is 1.13. The first-order valence-electron chi connectivity index (χ1n) is 4.73. The summed E-state index contributed by atoms with van der Waals surface area (Å²) < 4.78 is 5.36. The molecule has 1 unspecified atom stereocenters. The molecule has 0 amide bonds. The van der Waals surface area contributed by atoms with E-state index in [-0.39, 0.29) is 12.0 Å². The molecule has 1 rings (SSSR count). The molecule has 15 heavy (non-hydrogen) atoms. The van der Waals surface area contributed by atoms with Crippen molar-refractivity contribution in [1.82, 2.24) is 0 Å². The Hall–Kier alpha value is -1.22. The largest absolute Gasteiger partial charge is 0.481 e. The van der Waals surface area contributed by atoms with Gasteiger partial charge in [0.15, 0.2) is 5.56 Å². The van der Waals surface area contributed by atoms with Gasteiger partial charge in [-0.3, -0.25) is 4.79 Å². The third-order valence-corrected chi connectivity index (χ3v) is 2.24. The number of carbonyl (C=O) groups is 1. The number of hydrogen-bond donors (Lipinski definition) is 1. The summed E-state index contributed by atoms with van der Waals surface area (Å²) in [5, 5.41) is 8.62. The number of benzene rings is 1. The highest BCUT2D eigenvalue weighted by atomic mass is 35.5. The smallest absolute Gasteiger partial charge is 0.307 e. The molecule has 0 saturated heterocycles. The highest BCUT2D eigenvalue weighted by Crippen LogP contribution is 2.17. The van der Waals surface area contributed by atoms with Crippen LogP contribution in [-0.2, 0) is 11.2 Å². The van der Waals surface area contributed by atoms with Gasteiger partial charge in [0.25, 0.3) is 0 Å². The zero-order chi connectivity index (χ0) is 11.3. The average molecular weight is 229 g/mol. The molecular formula is C11H13ClO3. The summed E-state index contributed by atoms with van der Waals surface area (Å²) in [6, 6.07) is 6.96. The van der Waals surface area contributed by atoms with E-state index in [9.17, 15) is 4.79 Å². The fraction of sp³-hybridized carbons (Fsp3) is 0.364. The molecule has 0 spiro atoms. The molecule has 4 heteroatoms. The number of alkyl halides is 1. The Morgan fingerprint density at radius 3 is 2.93 bits per heavy atom. The molecule has 0 aliphatic carbocycles. The van der Waals surface area contributed by atoms with Crippen molar-refractivity contribution in [2.24, 2.45) is 0 Å². The Labute approximate surface area is 93.6 Å². The first-order chi connectivity index (χ1) is 7.11. The standard InChI is InChI=1S/C11H13ClO3/c1-2-10(12)15-9-5-3-4-8(6-9)7-11(13)14/h3-6,10H,2,7H2,1H3,(H,13,14). The van der Waals surface area contributed by atoms with Crippen LogP contribution in [0.1, 0.15) is 18.9 Å². The minimum atomic E-state index is -0.856.